The van der Waals surface area contributed by atoms with Gasteiger partial charge in [-0.25, -0.2) is 9.50 Å². The van der Waals surface area contributed by atoms with E-state index in [-0.39, 0.29) is 11.8 Å². The Morgan fingerprint density at radius 2 is 2.16 bits per heavy atom. The molecule has 0 unspecified atom stereocenters. The number of ether oxygens (including phenoxy) is 2. The lowest BCUT2D eigenvalue weighted by molar-refractivity contribution is -0.125. The number of carbonyl (C=O) groups excluding carboxylic acids is 1. The third kappa shape index (κ3) is 5.16. The summed E-state index contributed by atoms with van der Waals surface area (Å²) in [5.41, 5.74) is 1.91. The number of piperidine rings is 1. The second kappa shape index (κ2) is 10.1. The molecule has 0 radical (unpaired) electrons. The van der Waals surface area contributed by atoms with Gasteiger partial charge < -0.3 is 19.7 Å². The van der Waals surface area contributed by atoms with E-state index in [4.69, 9.17) is 19.6 Å². The summed E-state index contributed by atoms with van der Waals surface area (Å²) in [6.45, 7) is 5.64. The largest absolute Gasteiger partial charge is 0.497 e. The molecule has 0 bridgehead atoms. The zero-order valence-corrected chi connectivity index (χ0v) is 18.9. The van der Waals surface area contributed by atoms with Gasteiger partial charge in [0.2, 0.25) is 16.0 Å². The normalized spacial score (nSPS) is 16.6. The van der Waals surface area contributed by atoms with E-state index in [0.717, 1.165) is 52.9 Å². The van der Waals surface area contributed by atoms with Crippen molar-refractivity contribution in [1.29, 1.82) is 0 Å². The molecule has 3 heterocycles. The number of methoxy groups -OCH3 is 1. The van der Waals surface area contributed by atoms with Gasteiger partial charge in [-0.05, 0) is 50.5 Å². The molecule has 0 spiro atoms. The molecule has 4 rings (SSSR count). The number of aromatic nitrogens is 3. The maximum Gasteiger partial charge on any atom is 0.224 e. The highest BCUT2D eigenvalue weighted by Crippen LogP contribution is 2.30. The molecule has 1 amide bonds. The highest BCUT2D eigenvalue weighted by Gasteiger charge is 2.27. The highest BCUT2D eigenvalue weighted by molar-refractivity contribution is 7.20. The quantitative estimate of drug-likeness (QED) is 0.512. The zero-order chi connectivity index (χ0) is 21.6. The Hall–Kier alpha value is -2.65. The van der Waals surface area contributed by atoms with Crippen LogP contribution in [0.15, 0.2) is 30.5 Å². The van der Waals surface area contributed by atoms with Crippen LogP contribution in [0.1, 0.15) is 26.2 Å². The summed E-state index contributed by atoms with van der Waals surface area (Å²) in [5.74, 6) is 0.944. The lowest BCUT2D eigenvalue weighted by atomic mass is 9.97. The first-order valence-electron chi connectivity index (χ1n) is 10.8. The third-order valence-electron chi connectivity index (χ3n) is 5.45. The minimum Gasteiger partial charge on any atom is -0.497 e. The molecule has 1 atom stereocenters. The Labute approximate surface area is 186 Å². The van der Waals surface area contributed by atoms with Gasteiger partial charge >= 0.3 is 0 Å². The molecule has 2 aromatic heterocycles. The van der Waals surface area contributed by atoms with E-state index in [9.17, 15) is 4.79 Å². The van der Waals surface area contributed by atoms with Crippen LogP contribution in [0, 0.1) is 5.92 Å². The lowest BCUT2D eigenvalue weighted by Crippen LogP contribution is -2.43. The number of rotatable bonds is 9. The van der Waals surface area contributed by atoms with Gasteiger partial charge in [0.05, 0.1) is 24.9 Å². The first kappa shape index (κ1) is 21.6. The van der Waals surface area contributed by atoms with Crippen molar-refractivity contribution in [2.45, 2.75) is 26.2 Å². The number of amides is 1. The predicted octanol–water partition coefficient (Wildman–Crippen LogP) is 3.23. The molecule has 1 N–H and O–H groups in total. The molecule has 1 aromatic carbocycles. The van der Waals surface area contributed by atoms with E-state index in [1.165, 1.54) is 0 Å². The standard InChI is InChI=1S/C22H29N5O3S/c1-3-30-13-5-11-23-20(28)17-6-4-12-26(14-17)22-25-27-15-19(24-21(27)31-22)16-7-9-18(29-2)10-8-16/h7-10,15,17H,3-6,11-14H2,1-2H3,(H,23,28)/t17-/m0/s1. The number of hydrogen-bond acceptors (Lipinski definition) is 7. The second-order valence-electron chi connectivity index (χ2n) is 7.59. The third-order valence-corrected chi connectivity index (χ3v) is 6.43. The molecule has 31 heavy (non-hydrogen) atoms. The van der Waals surface area contributed by atoms with Gasteiger partial charge in [-0.1, -0.05) is 11.3 Å². The molecule has 9 heteroatoms. The van der Waals surface area contributed by atoms with Gasteiger partial charge in [-0.2, -0.15) is 0 Å². The molecule has 8 nitrogen and oxygen atoms in total. The van der Waals surface area contributed by atoms with Crippen LogP contribution in [0.3, 0.4) is 0 Å². The molecule has 0 aliphatic carbocycles. The van der Waals surface area contributed by atoms with E-state index in [1.807, 2.05) is 41.9 Å². The van der Waals surface area contributed by atoms with Crippen LogP contribution in [0.2, 0.25) is 0 Å². The molecule has 1 aliphatic heterocycles. The number of imidazole rings is 1. The summed E-state index contributed by atoms with van der Waals surface area (Å²) in [7, 11) is 1.66. The van der Waals surface area contributed by atoms with Crippen LogP contribution < -0.4 is 15.0 Å². The fourth-order valence-corrected chi connectivity index (χ4v) is 4.68. The Morgan fingerprint density at radius 1 is 1.32 bits per heavy atom. The van der Waals surface area contributed by atoms with Crippen molar-refractivity contribution in [3.63, 3.8) is 0 Å². The van der Waals surface area contributed by atoms with Gasteiger partial charge in [0.25, 0.3) is 0 Å². The topological polar surface area (TPSA) is 81.0 Å². The maximum atomic E-state index is 12.6. The van der Waals surface area contributed by atoms with E-state index in [2.05, 4.69) is 10.2 Å². The van der Waals surface area contributed by atoms with Gasteiger partial charge in [0.1, 0.15) is 5.75 Å². The molecule has 1 fully saturated rings. The lowest BCUT2D eigenvalue weighted by Gasteiger charge is -2.31. The Bertz CT molecular complexity index is 969. The monoisotopic (exact) mass is 443 g/mol. The summed E-state index contributed by atoms with van der Waals surface area (Å²) in [6, 6.07) is 7.84. The Morgan fingerprint density at radius 3 is 2.90 bits per heavy atom. The summed E-state index contributed by atoms with van der Waals surface area (Å²) >= 11 is 1.56. The average Bonchev–Trinajstić information content (AvgIpc) is 3.39. The van der Waals surface area contributed by atoms with Crippen LogP contribution in [-0.2, 0) is 9.53 Å². The fourth-order valence-electron chi connectivity index (χ4n) is 3.76. The molecular formula is C22H29N5O3S. The van der Waals surface area contributed by atoms with Gasteiger partial charge in [0.15, 0.2) is 0 Å². The number of benzene rings is 1. The second-order valence-corrected chi connectivity index (χ2v) is 8.53. The van der Waals surface area contributed by atoms with Crippen molar-refractivity contribution in [3.05, 3.63) is 30.5 Å². The van der Waals surface area contributed by atoms with Crippen molar-refractivity contribution in [2.75, 3.05) is 44.9 Å². The highest BCUT2D eigenvalue weighted by atomic mass is 32.1. The zero-order valence-electron chi connectivity index (χ0n) is 18.0. The number of carbonyl (C=O) groups is 1. The van der Waals surface area contributed by atoms with E-state index < -0.39 is 0 Å². The SMILES string of the molecule is CCOCCCNC(=O)[C@H]1CCCN(c2nn3cc(-c4ccc(OC)cc4)nc3s2)C1. The first-order valence-corrected chi connectivity index (χ1v) is 11.6. The number of anilines is 1. The van der Waals surface area contributed by atoms with Crippen LogP contribution in [0.25, 0.3) is 16.2 Å². The van der Waals surface area contributed by atoms with Gasteiger partial charge in [-0.3, -0.25) is 4.79 Å². The minimum absolute atomic E-state index is 0.00748. The number of nitrogens with one attached hydrogen (secondary N) is 1. The van der Waals surface area contributed by atoms with Crippen LogP contribution in [0.4, 0.5) is 5.13 Å². The van der Waals surface area contributed by atoms with Crippen molar-refractivity contribution in [3.8, 4) is 17.0 Å². The van der Waals surface area contributed by atoms with Crippen LogP contribution in [0.5, 0.6) is 5.75 Å². The minimum atomic E-state index is -0.00748. The Balaban J connectivity index is 1.37. The summed E-state index contributed by atoms with van der Waals surface area (Å²) in [5, 5.41) is 8.70. The number of nitrogens with zero attached hydrogens (tertiary/aromatic N) is 4. The molecule has 166 valence electrons. The van der Waals surface area contributed by atoms with E-state index >= 15 is 0 Å². The van der Waals surface area contributed by atoms with Crippen molar-refractivity contribution in [2.24, 2.45) is 5.92 Å². The molecule has 1 saturated heterocycles. The molecular weight excluding hydrogens is 414 g/mol. The number of hydrogen-bond donors (Lipinski definition) is 1. The van der Waals surface area contributed by atoms with Crippen LogP contribution in [-0.4, -0.2) is 60.5 Å². The summed E-state index contributed by atoms with van der Waals surface area (Å²) in [6.07, 6.45) is 4.69. The van der Waals surface area contributed by atoms with Crippen LogP contribution >= 0.6 is 11.3 Å². The predicted molar refractivity (Wildman–Crippen MR) is 122 cm³/mol. The smallest absolute Gasteiger partial charge is 0.224 e. The average molecular weight is 444 g/mol. The molecule has 1 aliphatic rings. The van der Waals surface area contributed by atoms with Crippen molar-refractivity contribution < 1.29 is 14.3 Å². The summed E-state index contributed by atoms with van der Waals surface area (Å²) < 4.78 is 12.4. The van der Waals surface area contributed by atoms with Gasteiger partial charge in [-0.15, -0.1) is 5.10 Å². The summed E-state index contributed by atoms with van der Waals surface area (Å²) in [4.78, 5) is 20.3. The Kier molecular flexibility index (Phi) is 7.03. The fraction of sp³-hybridized carbons (Fsp3) is 0.500. The van der Waals surface area contributed by atoms with Crippen molar-refractivity contribution in [1.82, 2.24) is 19.9 Å². The molecule has 0 saturated carbocycles. The van der Waals surface area contributed by atoms with E-state index in [1.54, 1.807) is 18.4 Å². The maximum absolute atomic E-state index is 12.6. The van der Waals surface area contributed by atoms with Gasteiger partial charge in [0, 0.05) is 38.4 Å². The molecule has 3 aromatic rings. The first-order chi connectivity index (χ1) is 15.2. The van der Waals surface area contributed by atoms with E-state index in [0.29, 0.717) is 26.3 Å². The number of fused-ring (bicyclic) bond motifs is 1. The van der Waals surface area contributed by atoms with Crippen molar-refractivity contribution >= 4 is 27.3 Å².